The van der Waals surface area contributed by atoms with Gasteiger partial charge in [-0.15, -0.1) is 0 Å². The van der Waals surface area contributed by atoms with E-state index in [2.05, 4.69) is 9.88 Å². The van der Waals surface area contributed by atoms with Crippen LogP contribution in [0.1, 0.15) is 24.3 Å². The third-order valence-corrected chi connectivity index (χ3v) is 5.70. The van der Waals surface area contributed by atoms with Crippen LogP contribution < -0.4 is 4.72 Å². The molecule has 0 bridgehead atoms. The van der Waals surface area contributed by atoms with Gasteiger partial charge in [-0.1, -0.05) is 5.16 Å². The average molecular weight is 334 g/mol. The predicted molar refractivity (Wildman–Crippen MR) is 76.7 cm³/mol. The molecule has 0 aromatic carbocycles. The van der Waals surface area contributed by atoms with Crippen molar-refractivity contribution >= 4 is 10.0 Å². The van der Waals surface area contributed by atoms with Crippen molar-refractivity contribution < 1.29 is 27.9 Å². The zero-order valence-corrected chi connectivity index (χ0v) is 13.7. The Kier molecular flexibility index (Phi) is 4.93. The molecule has 3 N–H and O–H groups in total. The van der Waals surface area contributed by atoms with Crippen molar-refractivity contribution in [2.45, 2.75) is 43.8 Å². The summed E-state index contributed by atoms with van der Waals surface area (Å²) in [5, 5.41) is 23.1. The van der Waals surface area contributed by atoms with Gasteiger partial charge in [-0.2, -0.15) is 0 Å². The molecule has 8 nitrogen and oxygen atoms in total. The van der Waals surface area contributed by atoms with Gasteiger partial charge in [0.05, 0.1) is 18.8 Å². The van der Waals surface area contributed by atoms with Crippen LogP contribution in [0, 0.1) is 19.3 Å². The van der Waals surface area contributed by atoms with Crippen LogP contribution in [0.5, 0.6) is 0 Å². The molecule has 1 aliphatic carbocycles. The van der Waals surface area contributed by atoms with E-state index < -0.39 is 27.6 Å². The number of hydrogen-bond donors (Lipinski definition) is 3. The maximum atomic E-state index is 12.4. The summed E-state index contributed by atoms with van der Waals surface area (Å²) in [6.45, 7) is 3.38. The fourth-order valence-electron chi connectivity index (χ4n) is 3.04. The molecule has 2 rings (SSSR count). The minimum atomic E-state index is -3.78. The summed E-state index contributed by atoms with van der Waals surface area (Å²) in [6, 6.07) is 0. The Bertz CT molecular complexity index is 597. The van der Waals surface area contributed by atoms with E-state index in [1.165, 1.54) is 14.0 Å². The van der Waals surface area contributed by atoms with Crippen molar-refractivity contribution in [2.75, 3.05) is 20.3 Å². The molecule has 0 radical (unpaired) electrons. The van der Waals surface area contributed by atoms with Crippen LogP contribution in [-0.2, 0) is 14.8 Å². The first kappa shape index (κ1) is 17.4. The van der Waals surface area contributed by atoms with Gasteiger partial charge in [0.15, 0.2) is 5.76 Å². The Morgan fingerprint density at radius 1 is 1.36 bits per heavy atom. The fraction of sp³-hybridized carbons (Fsp3) is 0.769. The molecule has 0 spiro atoms. The molecule has 0 saturated heterocycles. The number of hydrogen-bond acceptors (Lipinski definition) is 7. The number of methoxy groups -OCH3 is 1. The fourth-order valence-corrected chi connectivity index (χ4v) is 4.52. The molecule has 1 aromatic rings. The largest absolute Gasteiger partial charge is 0.390 e. The van der Waals surface area contributed by atoms with Gasteiger partial charge in [0.25, 0.3) is 0 Å². The highest BCUT2D eigenvalue weighted by Crippen LogP contribution is 2.38. The lowest BCUT2D eigenvalue weighted by Gasteiger charge is -2.28. The number of aryl methyl sites for hydroxylation is 2. The van der Waals surface area contributed by atoms with Gasteiger partial charge >= 0.3 is 0 Å². The molecular formula is C13H22N2O6S. The van der Waals surface area contributed by atoms with Crippen LogP contribution in [0.15, 0.2) is 9.42 Å². The van der Waals surface area contributed by atoms with Crippen LogP contribution in [0.3, 0.4) is 0 Å². The second-order valence-electron chi connectivity index (χ2n) is 5.95. The molecule has 3 atom stereocenters. The normalized spacial score (nSPS) is 29.1. The van der Waals surface area contributed by atoms with Gasteiger partial charge in [0.1, 0.15) is 10.6 Å². The van der Waals surface area contributed by atoms with E-state index in [4.69, 9.17) is 9.26 Å². The zero-order valence-electron chi connectivity index (χ0n) is 12.9. The molecule has 1 saturated carbocycles. The Labute approximate surface area is 129 Å². The molecule has 1 aromatic heterocycles. The first-order chi connectivity index (χ1) is 10.2. The molecule has 22 heavy (non-hydrogen) atoms. The minimum Gasteiger partial charge on any atom is -0.390 e. The standard InChI is InChI=1S/C13H22N2O6S/c1-8-12(9(2)21-15-8)22(18,19)14-6-13(7-20-3)4-10(16)11(17)5-13/h10-11,14,16-17H,4-7H2,1-3H3/t10-,11+,13?. The molecule has 1 unspecified atom stereocenters. The third kappa shape index (κ3) is 3.33. The quantitative estimate of drug-likeness (QED) is 0.654. The summed E-state index contributed by atoms with van der Waals surface area (Å²) < 4.78 is 37.4. The van der Waals surface area contributed by atoms with Crippen molar-refractivity contribution in [3.05, 3.63) is 11.5 Å². The predicted octanol–water partition coefficient (Wildman–Crippen LogP) is -0.282. The van der Waals surface area contributed by atoms with Gasteiger partial charge in [-0.3, -0.25) is 0 Å². The van der Waals surface area contributed by atoms with Crippen LogP contribution in [0.25, 0.3) is 0 Å². The van der Waals surface area contributed by atoms with E-state index in [1.807, 2.05) is 0 Å². The highest BCUT2D eigenvalue weighted by atomic mass is 32.2. The van der Waals surface area contributed by atoms with Crippen LogP contribution in [0.4, 0.5) is 0 Å². The first-order valence-corrected chi connectivity index (χ1v) is 8.47. The first-order valence-electron chi connectivity index (χ1n) is 6.98. The lowest BCUT2D eigenvalue weighted by Crippen LogP contribution is -2.39. The lowest BCUT2D eigenvalue weighted by molar-refractivity contribution is 0.0438. The van der Waals surface area contributed by atoms with Gasteiger partial charge in [0.2, 0.25) is 10.0 Å². The van der Waals surface area contributed by atoms with E-state index >= 15 is 0 Å². The van der Waals surface area contributed by atoms with Crippen molar-refractivity contribution in [3.63, 3.8) is 0 Å². The molecule has 0 amide bonds. The number of rotatable bonds is 6. The molecule has 1 fully saturated rings. The smallest absolute Gasteiger partial charge is 0.245 e. The van der Waals surface area contributed by atoms with Crippen LogP contribution in [0.2, 0.25) is 0 Å². The average Bonchev–Trinajstić information content (AvgIpc) is 2.90. The zero-order chi connectivity index (χ0) is 16.5. The number of sulfonamides is 1. The summed E-state index contributed by atoms with van der Waals surface area (Å²) in [5.74, 6) is 0.220. The minimum absolute atomic E-state index is 0.0270. The van der Waals surface area contributed by atoms with E-state index in [-0.39, 0.29) is 42.3 Å². The Balaban J connectivity index is 2.16. The van der Waals surface area contributed by atoms with Gasteiger partial charge in [-0.05, 0) is 26.7 Å². The summed E-state index contributed by atoms with van der Waals surface area (Å²) in [7, 11) is -2.28. The second-order valence-corrected chi connectivity index (χ2v) is 7.66. The van der Waals surface area contributed by atoms with Crippen molar-refractivity contribution in [3.8, 4) is 0 Å². The van der Waals surface area contributed by atoms with Crippen molar-refractivity contribution in [1.82, 2.24) is 9.88 Å². The molecule has 1 aliphatic rings. The summed E-state index contributed by atoms with van der Waals surface area (Å²) >= 11 is 0. The number of aromatic nitrogens is 1. The van der Waals surface area contributed by atoms with E-state index in [0.717, 1.165) is 0 Å². The maximum Gasteiger partial charge on any atom is 0.245 e. The molecule has 126 valence electrons. The molecule has 9 heteroatoms. The number of aliphatic hydroxyl groups is 2. The van der Waals surface area contributed by atoms with Crippen LogP contribution >= 0.6 is 0 Å². The lowest BCUT2D eigenvalue weighted by atomic mass is 9.87. The molecule has 0 aliphatic heterocycles. The number of ether oxygens (including phenoxy) is 1. The second kappa shape index (κ2) is 6.25. The maximum absolute atomic E-state index is 12.4. The molecular weight excluding hydrogens is 312 g/mol. The van der Waals surface area contributed by atoms with Gasteiger partial charge in [0, 0.05) is 19.1 Å². The summed E-state index contributed by atoms with van der Waals surface area (Å²) in [5.41, 5.74) is -0.350. The van der Waals surface area contributed by atoms with Gasteiger partial charge in [-0.25, -0.2) is 13.1 Å². The Morgan fingerprint density at radius 2 is 1.95 bits per heavy atom. The SMILES string of the molecule is COCC1(CNS(=O)(=O)c2c(C)noc2C)C[C@@H](O)[C@@H](O)C1. The topological polar surface area (TPSA) is 122 Å². The van der Waals surface area contributed by atoms with E-state index in [9.17, 15) is 18.6 Å². The van der Waals surface area contributed by atoms with Crippen LogP contribution in [-0.4, -0.2) is 56.3 Å². The Morgan fingerprint density at radius 3 is 2.41 bits per heavy atom. The molecule has 1 heterocycles. The van der Waals surface area contributed by atoms with Crippen molar-refractivity contribution in [2.24, 2.45) is 5.41 Å². The number of aliphatic hydroxyl groups excluding tert-OH is 2. The third-order valence-electron chi connectivity index (χ3n) is 4.05. The number of nitrogens with one attached hydrogen (secondary N) is 1. The van der Waals surface area contributed by atoms with E-state index in [0.29, 0.717) is 0 Å². The number of nitrogens with zero attached hydrogens (tertiary/aromatic N) is 1. The van der Waals surface area contributed by atoms with Crippen molar-refractivity contribution in [1.29, 1.82) is 0 Å². The highest BCUT2D eigenvalue weighted by Gasteiger charge is 2.45. The highest BCUT2D eigenvalue weighted by molar-refractivity contribution is 7.89. The summed E-state index contributed by atoms with van der Waals surface area (Å²) in [4.78, 5) is 0.0270. The van der Waals surface area contributed by atoms with E-state index in [1.54, 1.807) is 6.92 Å². The van der Waals surface area contributed by atoms with Gasteiger partial charge < -0.3 is 19.5 Å². The monoisotopic (exact) mass is 334 g/mol. The Hall–Kier alpha value is -1.00. The summed E-state index contributed by atoms with van der Waals surface area (Å²) in [6.07, 6.45) is -1.21.